The number of ether oxygens (including phenoxy) is 1. The lowest BCUT2D eigenvalue weighted by atomic mass is 10.2. The second-order valence-electron chi connectivity index (χ2n) is 6.76. The lowest BCUT2D eigenvalue weighted by molar-refractivity contribution is -0.120. The number of halogens is 1. The van der Waals surface area contributed by atoms with Crippen LogP contribution in [0.2, 0.25) is 5.15 Å². The van der Waals surface area contributed by atoms with E-state index in [1.165, 1.54) is 6.21 Å². The van der Waals surface area contributed by atoms with E-state index in [0.717, 1.165) is 23.7 Å². The fraction of sp³-hybridized carbons (Fsp3) is 0.217. The molecule has 0 aliphatic rings. The molecule has 2 N–H and O–H groups in total. The number of amides is 2. The van der Waals surface area contributed by atoms with Gasteiger partial charge in [0.25, 0.3) is 11.8 Å². The van der Waals surface area contributed by atoms with E-state index in [1.807, 2.05) is 30.3 Å². The summed E-state index contributed by atoms with van der Waals surface area (Å²) in [5.74, 6) is -0.117. The standard InChI is InChI=1S/C23H23ClN4O3/c1-2-3-12-31-19-10-8-16(9-11-19)23(30)25-15-21(29)28-26-14-18-13-17-6-4-5-7-20(17)27-22(18)24/h4-11,13-14H,2-3,12,15H2,1H3,(H,25,30)(H,28,29). The van der Waals surface area contributed by atoms with Crippen LogP contribution in [0.15, 0.2) is 59.7 Å². The maximum absolute atomic E-state index is 12.2. The van der Waals surface area contributed by atoms with Crippen LogP contribution in [-0.4, -0.2) is 36.2 Å². The average Bonchev–Trinajstić information content (AvgIpc) is 2.78. The number of carbonyl (C=O) groups excluding carboxylic acids is 2. The molecule has 2 amide bonds. The number of aromatic nitrogens is 1. The number of unbranched alkanes of at least 4 members (excludes halogenated alkanes) is 1. The second kappa shape index (κ2) is 11.1. The molecule has 7 nitrogen and oxygen atoms in total. The van der Waals surface area contributed by atoms with E-state index in [4.69, 9.17) is 16.3 Å². The van der Waals surface area contributed by atoms with Gasteiger partial charge in [0.2, 0.25) is 0 Å². The number of nitrogens with one attached hydrogen (secondary N) is 2. The van der Waals surface area contributed by atoms with Crippen molar-refractivity contribution in [2.45, 2.75) is 19.8 Å². The molecule has 0 atom stereocenters. The van der Waals surface area contributed by atoms with E-state index in [2.05, 4.69) is 27.8 Å². The largest absolute Gasteiger partial charge is 0.494 e. The lowest BCUT2D eigenvalue weighted by Gasteiger charge is -2.07. The van der Waals surface area contributed by atoms with E-state index in [0.29, 0.717) is 23.5 Å². The number of fused-ring (bicyclic) bond motifs is 1. The summed E-state index contributed by atoms with van der Waals surface area (Å²) in [6.45, 7) is 2.52. The zero-order chi connectivity index (χ0) is 22.1. The minimum atomic E-state index is -0.464. The Kier molecular flexibility index (Phi) is 7.95. The summed E-state index contributed by atoms with van der Waals surface area (Å²) < 4.78 is 5.57. The van der Waals surface area contributed by atoms with Gasteiger partial charge in [-0.15, -0.1) is 0 Å². The molecular formula is C23H23ClN4O3. The summed E-state index contributed by atoms with van der Waals surface area (Å²) in [6, 6.07) is 16.2. The van der Waals surface area contributed by atoms with Crippen LogP contribution in [0.5, 0.6) is 5.75 Å². The molecule has 3 rings (SSSR count). The Morgan fingerprint density at radius 1 is 1.16 bits per heavy atom. The number of rotatable bonds is 9. The van der Waals surface area contributed by atoms with Crippen LogP contribution in [0, 0.1) is 0 Å². The number of hydrogen-bond acceptors (Lipinski definition) is 5. The van der Waals surface area contributed by atoms with E-state index in [9.17, 15) is 9.59 Å². The zero-order valence-electron chi connectivity index (χ0n) is 17.1. The molecule has 0 saturated carbocycles. The van der Waals surface area contributed by atoms with E-state index < -0.39 is 5.91 Å². The Balaban J connectivity index is 1.47. The summed E-state index contributed by atoms with van der Waals surface area (Å²) in [4.78, 5) is 28.4. The van der Waals surface area contributed by atoms with Crippen LogP contribution in [0.4, 0.5) is 0 Å². The first-order chi connectivity index (χ1) is 15.1. The van der Waals surface area contributed by atoms with Crippen molar-refractivity contribution in [3.63, 3.8) is 0 Å². The first-order valence-electron chi connectivity index (χ1n) is 9.95. The van der Waals surface area contributed by atoms with Crippen LogP contribution >= 0.6 is 11.6 Å². The molecule has 1 heterocycles. The highest BCUT2D eigenvalue weighted by molar-refractivity contribution is 6.32. The highest BCUT2D eigenvalue weighted by Crippen LogP contribution is 2.18. The van der Waals surface area contributed by atoms with Crippen LogP contribution < -0.4 is 15.5 Å². The van der Waals surface area contributed by atoms with Gasteiger partial charge in [0, 0.05) is 16.5 Å². The van der Waals surface area contributed by atoms with E-state index >= 15 is 0 Å². The highest BCUT2D eigenvalue weighted by Gasteiger charge is 2.08. The van der Waals surface area contributed by atoms with Gasteiger partial charge in [-0.2, -0.15) is 5.10 Å². The van der Waals surface area contributed by atoms with Crippen molar-refractivity contribution >= 4 is 40.5 Å². The quantitative estimate of drug-likeness (QED) is 0.229. The molecule has 0 unspecified atom stereocenters. The van der Waals surface area contributed by atoms with Crippen molar-refractivity contribution < 1.29 is 14.3 Å². The van der Waals surface area contributed by atoms with Crippen LogP contribution in [0.1, 0.15) is 35.7 Å². The van der Waals surface area contributed by atoms with Gasteiger partial charge in [0.05, 0.1) is 24.9 Å². The van der Waals surface area contributed by atoms with Crippen molar-refractivity contribution in [3.05, 3.63) is 70.9 Å². The third-order valence-corrected chi connectivity index (χ3v) is 4.69. The summed E-state index contributed by atoms with van der Waals surface area (Å²) >= 11 is 6.15. The van der Waals surface area contributed by atoms with E-state index in [-0.39, 0.29) is 17.6 Å². The smallest absolute Gasteiger partial charge is 0.259 e. The number of hydrazone groups is 1. The van der Waals surface area contributed by atoms with Gasteiger partial charge in [-0.3, -0.25) is 9.59 Å². The molecule has 31 heavy (non-hydrogen) atoms. The normalized spacial score (nSPS) is 10.9. The molecule has 0 fully saturated rings. The van der Waals surface area contributed by atoms with Gasteiger partial charge in [0.15, 0.2) is 0 Å². The lowest BCUT2D eigenvalue weighted by Crippen LogP contribution is -2.34. The summed E-state index contributed by atoms with van der Waals surface area (Å²) in [7, 11) is 0. The molecule has 0 aliphatic carbocycles. The van der Waals surface area contributed by atoms with Gasteiger partial charge < -0.3 is 10.1 Å². The Morgan fingerprint density at radius 2 is 1.94 bits per heavy atom. The Hall–Kier alpha value is -3.45. The molecular weight excluding hydrogens is 416 g/mol. The predicted octanol–water partition coefficient (Wildman–Crippen LogP) is 3.95. The van der Waals surface area contributed by atoms with Gasteiger partial charge in [-0.05, 0) is 42.8 Å². The van der Waals surface area contributed by atoms with Crippen molar-refractivity contribution in [1.82, 2.24) is 15.7 Å². The first-order valence-corrected chi connectivity index (χ1v) is 10.3. The molecule has 0 saturated heterocycles. The molecule has 0 aliphatic heterocycles. The molecule has 8 heteroatoms. The summed E-state index contributed by atoms with van der Waals surface area (Å²) in [5, 5.41) is 7.64. The number of hydrogen-bond donors (Lipinski definition) is 2. The van der Waals surface area contributed by atoms with Crippen LogP contribution in [0.3, 0.4) is 0 Å². The molecule has 1 aromatic heterocycles. The SMILES string of the molecule is CCCCOc1ccc(C(=O)NCC(=O)NN=Cc2cc3ccccc3nc2Cl)cc1. The average molecular weight is 439 g/mol. The fourth-order valence-electron chi connectivity index (χ4n) is 2.71. The second-order valence-corrected chi connectivity index (χ2v) is 7.12. The third kappa shape index (κ3) is 6.52. The number of para-hydroxylation sites is 1. The minimum absolute atomic E-state index is 0.214. The Labute approximate surface area is 185 Å². The van der Waals surface area contributed by atoms with Crippen LogP contribution in [0.25, 0.3) is 10.9 Å². The number of benzene rings is 2. The van der Waals surface area contributed by atoms with Crippen molar-refractivity contribution in [3.8, 4) is 5.75 Å². The monoisotopic (exact) mass is 438 g/mol. The van der Waals surface area contributed by atoms with Crippen molar-refractivity contribution in [2.24, 2.45) is 5.10 Å². The van der Waals surface area contributed by atoms with E-state index in [1.54, 1.807) is 24.3 Å². The first kappa shape index (κ1) is 22.2. The topological polar surface area (TPSA) is 92.7 Å². The van der Waals surface area contributed by atoms with Gasteiger partial charge in [-0.1, -0.05) is 43.1 Å². The van der Waals surface area contributed by atoms with Crippen molar-refractivity contribution in [1.29, 1.82) is 0 Å². The molecule has 0 spiro atoms. The molecule has 0 bridgehead atoms. The van der Waals surface area contributed by atoms with Crippen LogP contribution in [-0.2, 0) is 4.79 Å². The highest BCUT2D eigenvalue weighted by atomic mass is 35.5. The minimum Gasteiger partial charge on any atom is -0.494 e. The Morgan fingerprint density at radius 3 is 2.71 bits per heavy atom. The Bertz CT molecular complexity index is 1080. The van der Waals surface area contributed by atoms with Crippen molar-refractivity contribution in [2.75, 3.05) is 13.2 Å². The number of pyridine rings is 1. The number of nitrogens with zero attached hydrogens (tertiary/aromatic N) is 2. The maximum atomic E-state index is 12.2. The third-order valence-electron chi connectivity index (χ3n) is 4.39. The fourth-order valence-corrected chi connectivity index (χ4v) is 2.91. The summed E-state index contributed by atoms with van der Waals surface area (Å²) in [6.07, 6.45) is 3.45. The molecule has 2 aromatic carbocycles. The zero-order valence-corrected chi connectivity index (χ0v) is 17.9. The molecule has 160 valence electrons. The van der Waals surface area contributed by atoms with Gasteiger partial charge in [0.1, 0.15) is 10.9 Å². The molecule has 0 radical (unpaired) electrons. The predicted molar refractivity (Wildman–Crippen MR) is 122 cm³/mol. The van der Waals surface area contributed by atoms with Gasteiger partial charge >= 0.3 is 0 Å². The maximum Gasteiger partial charge on any atom is 0.259 e. The summed E-state index contributed by atoms with van der Waals surface area (Å²) in [5.41, 5.74) is 4.15. The molecule has 3 aromatic rings. The van der Waals surface area contributed by atoms with Gasteiger partial charge in [-0.25, -0.2) is 10.4 Å². The number of carbonyl (C=O) groups is 2.